The summed E-state index contributed by atoms with van der Waals surface area (Å²) in [6.07, 6.45) is 0. The zero-order valence-corrected chi connectivity index (χ0v) is 24.0. The summed E-state index contributed by atoms with van der Waals surface area (Å²) in [4.78, 5) is 28.2. The molecule has 1 aliphatic heterocycles. The Labute approximate surface area is 249 Å². The number of amides is 1. The van der Waals surface area contributed by atoms with E-state index in [1.165, 1.54) is 52.3 Å². The van der Waals surface area contributed by atoms with E-state index < -0.39 is 29.3 Å². The molecule has 4 aromatic carbocycles. The van der Waals surface area contributed by atoms with E-state index in [0.29, 0.717) is 28.0 Å². The number of rotatable bonds is 8. The number of halogens is 1. The molecule has 1 aliphatic rings. The molecule has 1 N–H and O–H groups in total. The highest BCUT2D eigenvalue weighted by molar-refractivity contribution is 8.00. The van der Waals surface area contributed by atoms with Crippen LogP contribution in [0.3, 0.4) is 0 Å². The molecule has 1 saturated heterocycles. The van der Waals surface area contributed by atoms with E-state index in [1.807, 2.05) is 25.1 Å². The molecule has 1 atom stereocenters. The van der Waals surface area contributed by atoms with Gasteiger partial charge in [0.05, 0.1) is 18.2 Å². The number of ether oxygens (including phenoxy) is 1. The number of carbonyl (C=O) groups excluding carboxylic acids is 2. The lowest BCUT2D eigenvalue weighted by molar-refractivity contribution is -0.132. The maximum atomic E-state index is 13.6. The third kappa shape index (κ3) is 5.26. The van der Waals surface area contributed by atoms with E-state index in [2.05, 4.69) is 34.5 Å². The molecular formula is C32H24FN3O4S2. The molecule has 210 valence electrons. The van der Waals surface area contributed by atoms with E-state index in [4.69, 9.17) is 4.74 Å². The molecule has 42 heavy (non-hydrogen) atoms. The molecule has 7 nitrogen and oxygen atoms in total. The minimum absolute atomic E-state index is 0.125. The Morgan fingerprint density at radius 2 is 1.76 bits per heavy atom. The van der Waals surface area contributed by atoms with Crippen LogP contribution in [0, 0.1) is 5.82 Å². The summed E-state index contributed by atoms with van der Waals surface area (Å²) in [5.74, 6) is -1.42. The number of aliphatic hydroxyl groups excluding tert-OH is 1. The largest absolute Gasteiger partial charge is 0.507 e. The average molecular weight is 598 g/mol. The third-order valence-electron chi connectivity index (χ3n) is 6.88. The fourth-order valence-corrected chi connectivity index (χ4v) is 6.84. The third-order valence-corrected chi connectivity index (χ3v) is 8.98. The Morgan fingerprint density at radius 1 is 1.00 bits per heavy atom. The van der Waals surface area contributed by atoms with Crippen molar-refractivity contribution in [1.29, 1.82) is 0 Å². The summed E-state index contributed by atoms with van der Waals surface area (Å²) in [5, 5.41) is 22.4. The Hall–Kier alpha value is -4.54. The lowest BCUT2D eigenvalue weighted by Crippen LogP contribution is -2.29. The standard InChI is InChI=1S/C32H24FN3O4S2/c1-2-40-24-11-6-9-21(17-24)27-26(28(37)20-13-15-23(33)16-14-20)29(38)30(39)36(27)31-34-35-32(42-31)41-18-22-10-5-8-19-7-3-4-12-25(19)22/h3-17,27,37H,2,18H2,1H3. The first-order valence-electron chi connectivity index (χ1n) is 13.2. The Bertz CT molecular complexity index is 1830. The van der Waals surface area contributed by atoms with Crippen molar-refractivity contribution in [2.75, 3.05) is 11.5 Å². The maximum Gasteiger partial charge on any atom is 0.301 e. The highest BCUT2D eigenvalue weighted by atomic mass is 32.2. The van der Waals surface area contributed by atoms with Crippen LogP contribution in [0.25, 0.3) is 16.5 Å². The molecular weight excluding hydrogens is 574 g/mol. The van der Waals surface area contributed by atoms with Crippen LogP contribution in [-0.4, -0.2) is 33.6 Å². The average Bonchev–Trinajstić information content (AvgIpc) is 3.58. The van der Waals surface area contributed by atoms with Crippen LogP contribution >= 0.6 is 23.1 Å². The number of hydrogen-bond acceptors (Lipinski definition) is 8. The molecule has 0 spiro atoms. The summed E-state index contributed by atoms with van der Waals surface area (Å²) in [5.41, 5.74) is 1.77. The van der Waals surface area contributed by atoms with Crippen molar-refractivity contribution >= 4 is 56.5 Å². The first-order valence-corrected chi connectivity index (χ1v) is 15.0. The summed E-state index contributed by atoms with van der Waals surface area (Å²) < 4.78 is 19.9. The number of aromatic nitrogens is 2. The van der Waals surface area contributed by atoms with Crippen LogP contribution < -0.4 is 9.64 Å². The molecule has 6 rings (SSSR count). The van der Waals surface area contributed by atoms with Crippen molar-refractivity contribution in [3.05, 3.63) is 119 Å². The first kappa shape index (κ1) is 27.6. The number of thioether (sulfide) groups is 1. The zero-order valence-electron chi connectivity index (χ0n) is 22.4. The molecule has 1 fully saturated rings. The van der Waals surface area contributed by atoms with Gasteiger partial charge in [-0.1, -0.05) is 77.7 Å². The van der Waals surface area contributed by atoms with Crippen molar-refractivity contribution in [2.45, 2.75) is 23.1 Å². The van der Waals surface area contributed by atoms with Crippen molar-refractivity contribution in [3.8, 4) is 5.75 Å². The Kier molecular flexibility index (Phi) is 7.73. The summed E-state index contributed by atoms with van der Waals surface area (Å²) >= 11 is 2.68. The van der Waals surface area contributed by atoms with Crippen LogP contribution in [0.2, 0.25) is 0 Å². The summed E-state index contributed by atoms with van der Waals surface area (Å²) in [7, 11) is 0. The van der Waals surface area contributed by atoms with Crippen LogP contribution in [0.15, 0.2) is 101 Å². The lowest BCUT2D eigenvalue weighted by Gasteiger charge is -2.23. The minimum atomic E-state index is -1.00. The van der Waals surface area contributed by atoms with Gasteiger partial charge in [0.15, 0.2) is 4.34 Å². The van der Waals surface area contributed by atoms with Gasteiger partial charge >= 0.3 is 5.91 Å². The van der Waals surface area contributed by atoms with Gasteiger partial charge in [-0.15, -0.1) is 10.2 Å². The second-order valence-corrected chi connectivity index (χ2v) is 11.6. The van der Waals surface area contributed by atoms with Gasteiger partial charge in [0, 0.05) is 11.3 Å². The highest BCUT2D eigenvalue weighted by Crippen LogP contribution is 2.44. The summed E-state index contributed by atoms with van der Waals surface area (Å²) in [6.45, 7) is 2.28. The first-order chi connectivity index (χ1) is 20.4. The number of benzene rings is 4. The van der Waals surface area contributed by atoms with Crippen molar-refractivity contribution in [2.24, 2.45) is 0 Å². The number of carbonyl (C=O) groups is 2. The van der Waals surface area contributed by atoms with Gasteiger partial charge in [0.2, 0.25) is 5.13 Å². The van der Waals surface area contributed by atoms with E-state index in [-0.39, 0.29) is 16.3 Å². The van der Waals surface area contributed by atoms with Crippen LogP contribution in [0.5, 0.6) is 5.75 Å². The molecule has 0 bridgehead atoms. The molecule has 5 aromatic rings. The molecule has 0 saturated carbocycles. The van der Waals surface area contributed by atoms with Gasteiger partial charge in [-0.25, -0.2) is 4.39 Å². The van der Waals surface area contributed by atoms with Gasteiger partial charge in [0.1, 0.15) is 17.3 Å². The van der Waals surface area contributed by atoms with Crippen molar-refractivity contribution < 1.29 is 23.8 Å². The lowest BCUT2D eigenvalue weighted by atomic mass is 9.95. The van der Waals surface area contributed by atoms with E-state index in [9.17, 15) is 19.1 Å². The van der Waals surface area contributed by atoms with Gasteiger partial charge in [-0.05, 0) is 65.2 Å². The number of fused-ring (bicyclic) bond motifs is 1. The monoisotopic (exact) mass is 597 g/mol. The molecule has 1 unspecified atom stereocenters. The van der Waals surface area contributed by atoms with Crippen molar-refractivity contribution in [3.63, 3.8) is 0 Å². The predicted octanol–water partition coefficient (Wildman–Crippen LogP) is 7.15. The quantitative estimate of drug-likeness (QED) is 0.0668. The fraction of sp³-hybridized carbons (Fsp3) is 0.125. The SMILES string of the molecule is CCOc1cccc(C2C(=C(O)c3ccc(F)cc3)C(=O)C(=O)N2c2nnc(SCc3cccc4ccccc34)s2)c1. The molecule has 1 aromatic heterocycles. The van der Waals surface area contributed by atoms with Crippen LogP contribution in [0.1, 0.15) is 29.7 Å². The topological polar surface area (TPSA) is 92.6 Å². The molecule has 0 radical (unpaired) electrons. The van der Waals surface area contributed by atoms with Gasteiger partial charge in [0.25, 0.3) is 5.78 Å². The van der Waals surface area contributed by atoms with E-state index in [0.717, 1.165) is 16.3 Å². The Morgan fingerprint density at radius 3 is 2.57 bits per heavy atom. The minimum Gasteiger partial charge on any atom is -0.507 e. The number of anilines is 1. The predicted molar refractivity (Wildman–Crippen MR) is 162 cm³/mol. The normalized spacial score (nSPS) is 16.3. The maximum absolute atomic E-state index is 13.6. The highest BCUT2D eigenvalue weighted by Gasteiger charge is 2.48. The van der Waals surface area contributed by atoms with E-state index in [1.54, 1.807) is 24.3 Å². The second kappa shape index (κ2) is 11.8. The molecule has 10 heteroatoms. The summed E-state index contributed by atoms with van der Waals surface area (Å²) in [6, 6.07) is 25.4. The molecule has 0 aliphatic carbocycles. The van der Waals surface area contributed by atoms with Gasteiger partial charge < -0.3 is 9.84 Å². The number of aliphatic hydroxyl groups is 1. The Balaban J connectivity index is 1.38. The van der Waals surface area contributed by atoms with Gasteiger partial charge in [-0.3, -0.25) is 14.5 Å². The number of Topliss-reactive ketones (excluding diaryl/α,β-unsaturated/α-hetero) is 1. The van der Waals surface area contributed by atoms with Crippen LogP contribution in [-0.2, 0) is 15.3 Å². The molecule has 1 amide bonds. The smallest absolute Gasteiger partial charge is 0.301 e. The number of hydrogen-bond donors (Lipinski definition) is 1. The number of nitrogens with zero attached hydrogens (tertiary/aromatic N) is 3. The number of ketones is 1. The fourth-order valence-electron chi connectivity index (χ4n) is 4.97. The van der Waals surface area contributed by atoms with Crippen LogP contribution in [0.4, 0.5) is 9.52 Å². The van der Waals surface area contributed by atoms with Crippen molar-refractivity contribution in [1.82, 2.24) is 10.2 Å². The van der Waals surface area contributed by atoms with E-state index >= 15 is 0 Å². The molecule has 2 heterocycles. The van der Waals surface area contributed by atoms with Gasteiger partial charge in [-0.2, -0.15) is 0 Å². The zero-order chi connectivity index (χ0) is 29.2. The second-order valence-electron chi connectivity index (χ2n) is 9.46.